The van der Waals surface area contributed by atoms with Gasteiger partial charge < -0.3 is 4.74 Å². The fourth-order valence-electron chi connectivity index (χ4n) is 1.31. The molecule has 0 saturated carbocycles. The van der Waals surface area contributed by atoms with Gasteiger partial charge in [0.15, 0.2) is 5.82 Å². The summed E-state index contributed by atoms with van der Waals surface area (Å²) in [5.74, 6) is -0.146. The summed E-state index contributed by atoms with van der Waals surface area (Å²) in [5.41, 5.74) is 0.486. The minimum absolute atomic E-state index is 0.107. The van der Waals surface area contributed by atoms with Crippen molar-refractivity contribution in [3.05, 3.63) is 54.0 Å². The van der Waals surface area contributed by atoms with Gasteiger partial charge in [0.25, 0.3) is 5.88 Å². The lowest BCUT2D eigenvalue weighted by Crippen LogP contribution is -1.96. The predicted octanol–water partition coefficient (Wildman–Crippen LogP) is 3.08. The van der Waals surface area contributed by atoms with Crippen LogP contribution in [0.3, 0.4) is 0 Å². The molecule has 0 atom stereocenters. The van der Waals surface area contributed by atoms with Crippen molar-refractivity contribution >= 4 is 0 Å². The summed E-state index contributed by atoms with van der Waals surface area (Å²) in [6.07, 6.45) is 0.130. The third-order valence-corrected chi connectivity index (χ3v) is 2.09. The molecular formula is C13H9FN2O. The van der Waals surface area contributed by atoms with Crippen molar-refractivity contribution in [3.63, 3.8) is 0 Å². The van der Waals surface area contributed by atoms with Crippen molar-refractivity contribution < 1.29 is 9.13 Å². The van der Waals surface area contributed by atoms with Crippen LogP contribution in [0.15, 0.2) is 42.5 Å². The van der Waals surface area contributed by atoms with E-state index in [2.05, 4.69) is 4.98 Å². The molecular weight excluding hydrogens is 219 g/mol. The highest BCUT2D eigenvalue weighted by molar-refractivity contribution is 5.28. The maximum atomic E-state index is 13.4. The quantitative estimate of drug-likeness (QED) is 0.810. The number of pyridine rings is 1. The predicted molar refractivity (Wildman–Crippen MR) is 60.0 cm³/mol. The second-order valence-electron chi connectivity index (χ2n) is 3.34. The Morgan fingerprint density at radius 1 is 1.18 bits per heavy atom. The average molecular weight is 228 g/mol. The van der Waals surface area contributed by atoms with Gasteiger partial charge >= 0.3 is 0 Å². The third kappa shape index (κ3) is 2.79. The van der Waals surface area contributed by atoms with Crippen molar-refractivity contribution in [2.45, 2.75) is 6.42 Å². The van der Waals surface area contributed by atoms with E-state index in [4.69, 9.17) is 10.00 Å². The molecule has 1 aromatic heterocycles. The number of halogens is 1. The van der Waals surface area contributed by atoms with E-state index in [0.29, 0.717) is 11.4 Å². The van der Waals surface area contributed by atoms with Gasteiger partial charge in [-0.2, -0.15) is 5.26 Å². The Morgan fingerprint density at radius 2 is 1.94 bits per heavy atom. The van der Waals surface area contributed by atoms with Crippen LogP contribution in [0.2, 0.25) is 0 Å². The van der Waals surface area contributed by atoms with E-state index < -0.39 is 5.82 Å². The minimum atomic E-state index is -0.546. The minimum Gasteiger partial charge on any atom is -0.436 e. The van der Waals surface area contributed by atoms with Crippen LogP contribution in [-0.2, 0) is 6.42 Å². The van der Waals surface area contributed by atoms with E-state index in [0.717, 1.165) is 0 Å². The van der Waals surface area contributed by atoms with Crippen LogP contribution >= 0.6 is 0 Å². The summed E-state index contributed by atoms with van der Waals surface area (Å²) >= 11 is 0. The van der Waals surface area contributed by atoms with E-state index >= 15 is 0 Å². The summed E-state index contributed by atoms with van der Waals surface area (Å²) in [6.45, 7) is 0. The molecule has 1 heterocycles. The molecule has 0 aliphatic heterocycles. The van der Waals surface area contributed by atoms with E-state index in [9.17, 15) is 4.39 Å². The van der Waals surface area contributed by atoms with E-state index in [1.807, 2.05) is 12.1 Å². The molecule has 2 rings (SSSR count). The normalized spacial score (nSPS) is 9.65. The van der Waals surface area contributed by atoms with Crippen molar-refractivity contribution in [1.29, 1.82) is 5.26 Å². The number of aromatic nitrogens is 1. The first kappa shape index (κ1) is 11.1. The summed E-state index contributed by atoms with van der Waals surface area (Å²) in [6, 6.07) is 13.5. The number of ether oxygens (including phenoxy) is 1. The van der Waals surface area contributed by atoms with Crippen molar-refractivity contribution in [2.75, 3.05) is 0 Å². The van der Waals surface area contributed by atoms with Gasteiger partial charge in [0, 0.05) is 0 Å². The first-order valence-corrected chi connectivity index (χ1v) is 5.05. The summed E-state index contributed by atoms with van der Waals surface area (Å²) in [7, 11) is 0. The largest absolute Gasteiger partial charge is 0.436 e. The van der Waals surface area contributed by atoms with Gasteiger partial charge in [-0.05, 0) is 24.3 Å². The Bertz CT molecular complexity index is 549. The van der Waals surface area contributed by atoms with Crippen LogP contribution in [0, 0.1) is 17.1 Å². The Kier molecular flexibility index (Phi) is 3.31. The zero-order valence-corrected chi connectivity index (χ0v) is 8.93. The molecule has 0 fully saturated rings. The molecule has 17 heavy (non-hydrogen) atoms. The first-order chi connectivity index (χ1) is 8.29. The SMILES string of the molecule is N#CCc1ccc(F)c(Oc2ccccc2)n1. The lowest BCUT2D eigenvalue weighted by Gasteiger charge is -2.06. The summed E-state index contributed by atoms with van der Waals surface area (Å²) < 4.78 is 18.7. The number of hydrogen-bond donors (Lipinski definition) is 0. The topological polar surface area (TPSA) is 45.9 Å². The number of nitriles is 1. The van der Waals surface area contributed by atoms with Gasteiger partial charge in [0.05, 0.1) is 18.2 Å². The van der Waals surface area contributed by atoms with Gasteiger partial charge in [0.1, 0.15) is 5.75 Å². The molecule has 0 saturated heterocycles. The molecule has 3 nitrogen and oxygen atoms in total. The number of nitrogens with zero attached hydrogens (tertiary/aromatic N) is 2. The van der Waals surface area contributed by atoms with Gasteiger partial charge in [-0.25, -0.2) is 9.37 Å². The van der Waals surface area contributed by atoms with Crippen LogP contribution in [0.4, 0.5) is 4.39 Å². The third-order valence-electron chi connectivity index (χ3n) is 2.09. The number of rotatable bonds is 3. The Hall–Kier alpha value is -2.41. The smallest absolute Gasteiger partial charge is 0.256 e. The van der Waals surface area contributed by atoms with Crippen LogP contribution in [0.5, 0.6) is 11.6 Å². The Labute approximate surface area is 98.1 Å². The van der Waals surface area contributed by atoms with E-state index in [1.54, 1.807) is 24.3 Å². The van der Waals surface area contributed by atoms with Crippen LogP contribution in [-0.4, -0.2) is 4.98 Å². The first-order valence-electron chi connectivity index (χ1n) is 5.05. The number of hydrogen-bond acceptors (Lipinski definition) is 3. The second-order valence-corrected chi connectivity index (χ2v) is 3.34. The lowest BCUT2D eigenvalue weighted by atomic mass is 10.3. The van der Waals surface area contributed by atoms with E-state index in [-0.39, 0.29) is 12.3 Å². The van der Waals surface area contributed by atoms with Crippen LogP contribution in [0.1, 0.15) is 5.69 Å². The highest BCUT2D eigenvalue weighted by Crippen LogP contribution is 2.22. The zero-order valence-electron chi connectivity index (χ0n) is 8.93. The molecule has 0 aliphatic rings. The number of benzene rings is 1. The highest BCUT2D eigenvalue weighted by Gasteiger charge is 2.07. The standard InChI is InChI=1S/C13H9FN2O/c14-12-7-6-10(8-9-15)16-13(12)17-11-4-2-1-3-5-11/h1-7H,8H2. The molecule has 0 bridgehead atoms. The maximum Gasteiger partial charge on any atom is 0.256 e. The fourth-order valence-corrected chi connectivity index (χ4v) is 1.31. The van der Waals surface area contributed by atoms with Crippen molar-refractivity contribution in [1.82, 2.24) is 4.98 Å². The molecule has 2 aromatic rings. The molecule has 84 valence electrons. The molecule has 0 aliphatic carbocycles. The molecule has 0 unspecified atom stereocenters. The van der Waals surface area contributed by atoms with Gasteiger partial charge in [-0.15, -0.1) is 0 Å². The van der Waals surface area contributed by atoms with Crippen molar-refractivity contribution in [2.24, 2.45) is 0 Å². The molecule has 0 N–H and O–H groups in total. The van der Waals surface area contributed by atoms with Crippen molar-refractivity contribution in [3.8, 4) is 17.7 Å². The maximum absolute atomic E-state index is 13.4. The second kappa shape index (κ2) is 5.08. The molecule has 4 heteroatoms. The molecule has 0 radical (unpaired) electrons. The monoisotopic (exact) mass is 228 g/mol. The Morgan fingerprint density at radius 3 is 2.65 bits per heavy atom. The highest BCUT2D eigenvalue weighted by atomic mass is 19.1. The fraction of sp³-hybridized carbons (Fsp3) is 0.0769. The summed E-state index contributed by atoms with van der Waals surface area (Å²) in [4.78, 5) is 3.94. The van der Waals surface area contributed by atoms with Gasteiger partial charge in [-0.1, -0.05) is 18.2 Å². The summed E-state index contributed by atoms with van der Waals surface area (Å²) in [5, 5.41) is 8.55. The average Bonchev–Trinajstić information content (AvgIpc) is 2.35. The Balaban J connectivity index is 2.26. The molecule has 0 spiro atoms. The van der Waals surface area contributed by atoms with Crippen LogP contribution < -0.4 is 4.74 Å². The van der Waals surface area contributed by atoms with Gasteiger partial charge in [0.2, 0.25) is 0 Å². The zero-order chi connectivity index (χ0) is 12.1. The van der Waals surface area contributed by atoms with Crippen LogP contribution in [0.25, 0.3) is 0 Å². The molecule has 1 aromatic carbocycles. The molecule has 0 amide bonds. The van der Waals surface area contributed by atoms with Gasteiger partial charge in [-0.3, -0.25) is 0 Å². The number of para-hydroxylation sites is 1. The lowest BCUT2D eigenvalue weighted by molar-refractivity contribution is 0.421. The van der Waals surface area contributed by atoms with E-state index in [1.165, 1.54) is 12.1 Å².